The van der Waals surface area contributed by atoms with E-state index in [1.165, 1.54) is 0 Å². The molecule has 6 heteroatoms. The first-order valence-corrected chi connectivity index (χ1v) is 6.31. The van der Waals surface area contributed by atoms with Crippen LogP contribution >= 0.6 is 0 Å². The van der Waals surface area contributed by atoms with Gasteiger partial charge in [0, 0.05) is 19.6 Å². The van der Waals surface area contributed by atoms with Crippen molar-refractivity contribution in [3.05, 3.63) is 23.8 Å². The standard InChI is InChI=1S/C13H20N4O2/c1-18-11-5-4-10(8-12(11)19-2)9-16-17-13-14-6-3-7-15-13/h4-5,8,16H,3,6-7,9H2,1-2H3,(H2,14,15,17). The fourth-order valence-corrected chi connectivity index (χ4v) is 1.84. The number of aliphatic imine (C=N–C) groups is 1. The van der Waals surface area contributed by atoms with Crippen molar-refractivity contribution in [2.24, 2.45) is 4.99 Å². The van der Waals surface area contributed by atoms with E-state index in [1.54, 1.807) is 14.2 Å². The first-order valence-electron chi connectivity index (χ1n) is 6.31. The Kier molecular flexibility index (Phi) is 4.85. The number of methoxy groups -OCH3 is 2. The summed E-state index contributed by atoms with van der Waals surface area (Å²) in [5, 5.41) is 3.18. The van der Waals surface area contributed by atoms with E-state index in [9.17, 15) is 0 Å². The summed E-state index contributed by atoms with van der Waals surface area (Å²) in [5.41, 5.74) is 7.27. The molecule has 19 heavy (non-hydrogen) atoms. The molecular formula is C13H20N4O2. The Morgan fingerprint density at radius 1 is 1.26 bits per heavy atom. The van der Waals surface area contributed by atoms with Crippen LogP contribution < -0.4 is 25.6 Å². The molecule has 0 spiro atoms. The molecule has 1 aliphatic heterocycles. The van der Waals surface area contributed by atoms with Crippen LogP contribution in [-0.2, 0) is 6.54 Å². The van der Waals surface area contributed by atoms with Gasteiger partial charge in [0.25, 0.3) is 0 Å². The molecule has 0 unspecified atom stereocenters. The van der Waals surface area contributed by atoms with Gasteiger partial charge >= 0.3 is 0 Å². The highest BCUT2D eigenvalue weighted by Gasteiger charge is 2.05. The Balaban J connectivity index is 1.87. The van der Waals surface area contributed by atoms with Crippen LogP contribution in [-0.4, -0.2) is 33.3 Å². The molecule has 0 atom stereocenters. The maximum absolute atomic E-state index is 5.26. The van der Waals surface area contributed by atoms with Crippen LogP contribution in [0.5, 0.6) is 11.5 Å². The number of benzene rings is 1. The van der Waals surface area contributed by atoms with E-state index in [1.807, 2.05) is 18.2 Å². The molecule has 1 aliphatic rings. The van der Waals surface area contributed by atoms with Gasteiger partial charge in [-0.2, -0.15) is 0 Å². The van der Waals surface area contributed by atoms with E-state index in [-0.39, 0.29) is 0 Å². The summed E-state index contributed by atoms with van der Waals surface area (Å²) in [6.45, 7) is 2.50. The van der Waals surface area contributed by atoms with Crippen LogP contribution in [0.2, 0.25) is 0 Å². The lowest BCUT2D eigenvalue weighted by Gasteiger charge is -2.16. The van der Waals surface area contributed by atoms with Crippen LogP contribution in [0.1, 0.15) is 12.0 Å². The van der Waals surface area contributed by atoms with Crippen molar-refractivity contribution >= 4 is 5.96 Å². The maximum atomic E-state index is 5.26. The Bertz CT molecular complexity index is 448. The SMILES string of the molecule is COc1ccc(CNNC2=NCCCN2)cc1OC. The zero-order chi connectivity index (χ0) is 13.5. The molecule has 3 N–H and O–H groups in total. The minimum atomic E-state index is 0.668. The summed E-state index contributed by atoms with van der Waals surface area (Å²) >= 11 is 0. The summed E-state index contributed by atoms with van der Waals surface area (Å²) < 4.78 is 10.5. The molecule has 104 valence electrons. The molecule has 0 amide bonds. The Labute approximate surface area is 113 Å². The van der Waals surface area contributed by atoms with E-state index < -0.39 is 0 Å². The van der Waals surface area contributed by atoms with Crippen molar-refractivity contribution < 1.29 is 9.47 Å². The smallest absolute Gasteiger partial charge is 0.205 e. The molecule has 0 aliphatic carbocycles. The molecule has 0 fully saturated rings. The summed E-state index contributed by atoms with van der Waals surface area (Å²) in [6, 6.07) is 5.84. The third-order valence-corrected chi connectivity index (χ3v) is 2.84. The zero-order valence-corrected chi connectivity index (χ0v) is 11.3. The van der Waals surface area contributed by atoms with Crippen molar-refractivity contribution in [1.29, 1.82) is 0 Å². The number of hydrogen-bond acceptors (Lipinski definition) is 6. The Morgan fingerprint density at radius 2 is 2.11 bits per heavy atom. The summed E-state index contributed by atoms with van der Waals surface area (Å²) in [4.78, 5) is 4.31. The molecule has 0 aromatic heterocycles. The first kappa shape index (κ1) is 13.5. The number of hydrazine groups is 1. The van der Waals surface area contributed by atoms with Gasteiger partial charge in [0.1, 0.15) is 0 Å². The fourth-order valence-electron chi connectivity index (χ4n) is 1.84. The lowest BCUT2D eigenvalue weighted by atomic mass is 10.2. The second-order valence-electron chi connectivity index (χ2n) is 4.18. The number of hydrogen-bond donors (Lipinski definition) is 3. The molecule has 1 heterocycles. The zero-order valence-electron chi connectivity index (χ0n) is 11.3. The van der Waals surface area contributed by atoms with Gasteiger partial charge in [-0.05, 0) is 24.1 Å². The molecule has 0 saturated heterocycles. The van der Waals surface area contributed by atoms with E-state index in [4.69, 9.17) is 9.47 Å². The minimum absolute atomic E-state index is 0.668. The summed E-state index contributed by atoms with van der Waals surface area (Å²) in [6.07, 6.45) is 1.08. The highest BCUT2D eigenvalue weighted by molar-refractivity contribution is 5.79. The normalized spacial score (nSPS) is 14.3. The average molecular weight is 264 g/mol. The van der Waals surface area contributed by atoms with Crippen LogP contribution in [0, 0.1) is 0 Å². The minimum Gasteiger partial charge on any atom is -0.493 e. The summed E-state index contributed by atoms with van der Waals surface area (Å²) in [7, 11) is 3.26. The van der Waals surface area contributed by atoms with Gasteiger partial charge in [0.05, 0.1) is 14.2 Å². The lowest BCUT2D eigenvalue weighted by Crippen LogP contribution is -2.47. The van der Waals surface area contributed by atoms with Gasteiger partial charge in [-0.3, -0.25) is 10.4 Å². The van der Waals surface area contributed by atoms with Gasteiger partial charge in [-0.1, -0.05) is 6.07 Å². The second kappa shape index (κ2) is 6.84. The van der Waals surface area contributed by atoms with Crippen LogP contribution in [0.3, 0.4) is 0 Å². The van der Waals surface area contributed by atoms with Gasteiger partial charge in [-0.15, -0.1) is 0 Å². The maximum Gasteiger partial charge on any atom is 0.205 e. The van der Waals surface area contributed by atoms with Crippen molar-refractivity contribution in [1.82, 2.24) is 16.2 Å². The molecule has 1 aromatic carbocycles. The first-order chi connectivity index (χ1) is 9.33. The Hall–Kier alpha value is -1.95. The van der Waals surface area contributed by atoms with Crippen molar-refractivity contribution in [2.45, 2.75) is 13.0 Å². The monoisotopic (exact) mass is 264 g/mol. The quantitative estimate of drug-likeness (QED) is 0.681. The van der Waals surface area contributed by atoms with Crippen LogP contribution in [0.4, 0.5) is 0 Å². The predicted octanol–water partition coefficient (Wildman–Crippen LogP) is 0.647. The van der Waals surface area contributed by atoms with Crippen LogP contribution in [0.15, 0.2) is 23.2 Å². The highest BCUT2D eigenvalue weighted by Crippen LogP contribution is 2.27. The molecule has 0 saturated carbocycles. The average Bonchev–Trinajstić information content (AvgIpc) is 2.48. The summed E-state index contributed by atoms with van der Waals surface area (Å²) in [5.74, 6) is 2.26. The molecule has 1 aromatic rings. The third-order valence-electron chi connectivity index (χ3n) is 2.84. The van der Waals surface area contributed by atoms with Crippen molar-refractivity contribution in [3.8, 4) is 11.5 Å². The molecule has 0 radical (unpaired) electrons. The number of guanidine groups is 1. The van der Waals surface area contributed by atoms with Gasteiger partial charge < -0.3 is 14.8 Å². The van der Waals surface area contributed by atoms with E-state index >= 15 is 0 Å². The van der Waals surface area contributed by atoms with Crippen molar-refractivity contribution in [2.75, 3.05) is 27.3 Å². The predicted molar refractivity (Wildman–Crippen MR) is 74.4 cm³/mol. The third kappa shape index (κ3) is 3.75. The number of ether oxygens (including phenoxy) is 2. The Morgan fingerprint density at radius 3 is 2.79 bits per heavy atom. The van der Waals surface area contributed by atoms with Gasteiger partial charge in [0.2, 0.25) is 5.96 Å². The molecular weight excluding hydrogens is 244 g/mol. The highest BCUT2D eigenvalue weighted by atomic mass is 16.5. The second-order valence-corrected chi connectivity index (χ2v) is 4.18. The molecule has 0 bridgehead atoms. The lowest BCUT2D eigenvalue weighted by molar-refractivity contribution is 0.354. The largest absolute Gasteiger partial charge is 0.493 e. The number of rotatable bonds is 5. The number of nitrogens with zero attached hydrogens (tertiary/aromatic N) is 1. The van der Waals surface area contributed by atoms with Gasteiger partial charge in [-0.25, -0.2) is 5.43 Å². The van der Waals surface area contributed by atoms with E-state index in [2.05, 4.69) is 21.2 Å². The van der Waals surface area contributed by atoms with Crippen molar-refractivity contribution in [3.63, 3.8) is 0 Å². The topological polar surface area (TPSA) is 66.9 Å². The van der Waals surface area contributed by atoms with E-state index in [0.29, 0.717) is 6.54 Å². The molecule has 2 rings (SSSR count). The van der Waals surface area contributed by atoms with Gasteiger partial charge in [0.15, 0.2) is 11.5 Å². The van der Waals surface area contributed by atoms with E-state index in [0.717, 1.165) is 42.5 Å². The fraction of sp³-hybridized carbons (Fsp3) is 0.462. The molecule has 6 nitrogen and oxygen atoms in total. The number of nitrogens with one attached hydrogen (secondary N) is 3. The van der Waals surface area contributed by atoms with Crippen LogP contribution in [0.25, 0.3) is 0 Å².